The van der Waals surface area contributed by atoms with E-state index in [4.69, 9.17) is 0 Å². The summed E-state index contributed by atoms with van der Waals surface area (Å²) in [6.07, 6.45) is 3.05. The molecule has 0 saturated heterocycles. The normalized spacial score (nSPS) is 14.0. The minimum absolute atomic E-state index is 0. The molecule has 0 aliphatic heterocycles. The zero-order chi connectivity index (χ0) is 6.97. The van der Waals surface area contributed by atoms with Gasteiger partial charge in [-0.3, -0.25) is 0 Å². The Morgan fingerprint density at radius 3 is 3.00 bits per heavy atom. The first-order valence-corrected chi connectivity index (χ1v) is 3.27. The van der Waals surface area contributed by atoms with E-state index in [1.807, 2.05) is 0 Å². The SMILES string of the molecule is O=C1CCc2[c-]ccnc21.[W]. The Labute approximate surface area is 79.3 Å². The van der Waals surface area contributed by atoms with Gasteiger partial charge < -0.3 is 9.78 Å². The number of rotatable bonds is 0. The third kappa shape index (κ3) is 1.41. The molecule has 2 nitrogen and oxygen atoms in total. The second kappa shape index (κ2) is 3.27. The smallest absolute Gasteiger partial charge is 0.126 e. The number of hydrogen-bond acceptors (Lipinski definition) is 2. The van der Waals surface area contributed by atoms with Crippen molar-refractivity contribution in [2.45, 2.75) is 12.8 Å². The Hall–Kier alpha value is -0.492. The number of carbonyl (C=O) groups excluding carboxylic acids is 1. The van der Waals surface area contributed by atoms with Crippen LogP contribution in [0, 0.1) is 6.07 Å². The maximum absolute atomic E-state index is 11.0. The monoisotopic (exact) mass is 316 g/mol. The molecular formula is C8H6NOW-. The third-order valence-electron chi connectivity index (χ3n) is 1.69. The van der Waals surface area contributed by atoms with Gasteiger partial charge in [0.25, 0.3) is 0 Å². The van der Waals surface area contributed by atoms with Gasteiger partial charge in [-0.05, 0) is 12.1 Å². The van der Waals surface area contributed by atoms with Gasteiger partial charge in [-0.25, -0.2) is 0 Å². The Balaban J connectivity index is 0.000000605. The van der Waals surface area contributed by atoms with E-state index in [9.17, 15) is 4.79 Å². The maximum Gasteiger partial charge on any atom is 0.126 e. The molecule has 0 N–H and O–H groups in total. The van der Waals surface area contributed by atoms with Crippen LogP contribution in [0.2, 0.25) is 0 Å². The fourth-order valence-electron chi connectivity index (χ4n) is 1.18. The number of Topliss-reactive ketones (excluding diaryl/α,β-unsaturated/α-hetero) is 1. The molecule has 1 aromatic heterocycles. The van der Waals surface area contributed by atoms with Gasteiger partial charge in [0.1, 0.15) is 5.78 Å². The minimum atomic E-state index is 0. The molecule has 0 radical (unpaired) electrons. The molecule has 56 valence electrons. The molecule has 0 atom stereocenters. The maximum atomic E-state index is 11.0. The second-order valence-corrected chi connectivity index (χ2v) is 2.34. The van der Waals surface area contributed by atoms with Gasteiger partial charge in [-0.15, -0.1) is 5.56 Å². The molecular weight excluding hydrogens is 310 g/mol. The number of aromatic nitrogens is 1. The summed E-state index contributed by atoms with van der Waals surface area (Å²) < 4.78 is 0. The van der Waals surface area contributed by atoms with Crippen LogP contribution in [0.25, 0.3) is 0 Å². The Morgan fingerprint density at radius 1 is 1.45 bits per heavy atom. The van der Waals surface area contributed by atoms with Crippen LogP contribution < -0.4 is 0 Å². The average molecular weight is 316 g/mol. The van der Waals surface area contributed by atoms with Gasteiger partial charge in [-0.2, -0.15) is 12.1 Å². The second-order valence-electron chi connectivity index (χ2n) is 2.34. The topological polar surface area (TPSA) is 30.0 Å². The zero-order valence-electron chi connectivity index (χ0n) is 5.83. The van der Waals surface area contributed by atoms with Crippen molar-refractivity contribution in [1.82, 2.24) is 4.98 Å². The number of nitrogens with zero attached hydrogens (tertiary/aromatic N) is 1. The van der Waals surface area contributed by atoms with E-state index in [1.54, 1.807) is 12.3 Å². The molecule has 11 heavy (non-hydrogen) atoms. The third-order valence-corrected chi connectivity index (χ3v) is 1.69. The van der Waals surface area contributed by atoms with E-state index < -0.39 is 0 Å². The number of fused-ring (bicyclic) bond motifs is 1. The van der Waals surface area contributed by atoms with Crippen LogP contribution in [0.15, 0.2) is 12.3 Å². The van der Waals surface area contributed by atoms with Crippen LogP contribution >= 0.6 is 0 Å². The van der Waals surface area contributed by atoms with Crippen LogP contribution in [-0.4, -0.2) is 10.8 Å². The molecule has 0 unspecified atom stereocenters. The van der Waals surface area contributed by atoms with Crippen LogP contribution in [0.3, 0.4) is 0 Å². The molecule has 2 rings (SSSR count). The van der Waals surface area contributed by atoms with Gasteiger partial charge in [0.2, 0.25) is 0 Å². The number of ketones is 1. The molecule has 1 aromatic rings. The first-order chi connectivity index (χ1) is 4.88. The summed E-state index contributed by atoms with van der Waals surface area (Å²) in [7, 11) is 0. The molecule has 0 aromatic carbocycles. The zero-order valence-corrected chi connectivity index (χ0v) is 8.77. The molecule has 1 aliphatic rings. The molecule has 3 heteroatoms. The molecule has 1 heterocycles. The van der Waals surface area contributed by atoms with E-state index in [-0.39, 0.29) is 26.8 Å². The van der Waals surface area contributed by atoms with Crippen LogP contribution in [-0.2, 0) is 27.5 Å². The first kappa shape index (κ1) is 8.60. The van der Waals surface area contributed by atoms with Crippen molar-refractivity contribution >= 4 is 5.78 Å². The summed E-state index contributed by atoms with van der Waals surface area (Å²) in [6, 6.07) is 4.74. The summed E-state index contributed by atoms with van der Waals surface area (Å²) in [5.41, 5.74) is 1.61. The van der Waals surface area contributed by atoms with Gasteiger partial charge in [0, 0.05) is 27.5 Å². The van der Waals surface area contributed by atoms with Crippen molar-refractivity contribution in [3.63, 3.8) is 0 Å². The fourth-order valence-corrected chi connectivity index (χ4v) is 1.18. The van der Waals surface area contributed by atoms with Gasteiger partial charge in [0.05, 0.1) is 0 Å². The van der Waals surface area contributed by atoms with Crippen molar-refractivity contribution < 1.29 is 25.9 Å². The quantitative estimate of drug-likeness (QED) is 0.669. The minimum Gasteiger partial charge on any atom is -0.380 e. The molecule has 0 fully saturated rings. The van der Waals surface area contributed by atoms with Crippen molar-refractivity contribution in [3.8, 4) is 0 Å². The molecule has 0 amide bonds. The number of aryl methyl sites for hydroxylation is 1. The van der Waals surface area contributed by atoms with Crippen molar-refractivity contribution in [2.24, 2.45) is 0 Å². The Bertz CT molecular complexity index is 285. The summed E-state index contributed by atoms with van der Waals surface area (Å²) in [5.74, 6) is 0.159. The predicted octanol–water partition coefficient (Wildman–Crippen LogP) is 1.01. The molecule has 0 saturated carbocycles. The van der Waals surface area contributed by atoms with Crippen molar-refractivity contribution in [3.05, 3.63) is 29.6 Å². The van der Waals surface area contributed by atoms with Gasteiger partial charge in [0.15, 0.2) is 0 Å². The van der Waals surface area contributed by atoms with E-state index >= 15 is 0 Å². The summed E-state index contributed by atoms with van der Waals surface area (Å²) in [5, 5.41) is 0. The standard InChI is InChI=1S/C8H6NO.W/c10-7-4-3-6-2-1-5-9-8(6)7;/h1,5H,3-4H2;/q-1;. The van der Waals surface area contributed by atoms with E-state index in [1.165, 1.54) is 0 Å². The van der Waals surface area contributed by atoms with Gasteiger partial charge in [-0.1, -0.05) is 6.20 Å². The number of hydrogen-bond donors (Lipinski definition) is 0. The Morgan fingerprint density at radius 2 is 2.27 bits per heavy atom. The van der Waals surface area contributed by atoms with Crippen LogP contribution in [0.5, 0.6) is 0 Å². The average Bonchev–Trinajstić information content (AvgIpc) is 2.34. The van der Waals surface area contributed by atoms with Crippen LogP contribution in [0.4, 0.5) is 0 Å². The van der Waals surface area contributed by atoms with Crippen molar-refractivity contribution in [1.29, 1.82) is 0 Å². The van der Waals surface area contributed by atoms with E-state index in [2.05, 4.69) is 11.1 Å². The predicted molar refractivity (Wildman–Crippen MR) is 35.7 cm³/mol. The first-order valence-electron chi connectivity index (χ1n) is 3.27. The van der Waals surface area contributed by atoms with Crippen LogP contribution in [0.1, 0.15) is 22.5 Å². The molecule has 1 aliphatic carbocycles. The van der Waals surface area contributed by atoms with Gasteiger partial charge >= 0.3 is 0 Å². The summed E-state index contributed by atoms with van der Waals surface area (Å²) in [4.78, 5) is 14.9. The molecule has 0 spiro atoms. The fraction of sp³-hybridized carbons (Fsp3) is 0.250. The number of carbonyl (C=O) groups is 1. The molecule has 0 bridgehead atoms. The summed E-state index contributed by atoms with van der Waals surface area (Å²) >= 11 is 0. The van der Waals surface area contributed by atoms with E-state index in [0.29, 0.717) is 12.1 Å². The van der Waals surface area contributed by atoms with Crippen molar-refractivity contribution in [2.75, 3.05) is 0 Å². The Kier molecular flexibility index (Phi) is 2.56. The number of pyridine rings is 1. The largest absolute Gasteiger partial charge is 0.380 e. The van der Waals surface area contributed by atoms with E-state index in [0.717, 1.165) is 12.0 Å². The summed E-state index contributed by atoms with van der Waals surface area (Å²) in [6.45, 7) is 0.